The average Bonchev–Trinajstić information content (AvgIpc) is 2.90. The zero-order chi connectivity index (χ0) is 16.9. The van der Waals surface area contributed by atoms with Crippen molar-refractivity contribution in [3.05, 3.63) is 71.0 Å². The number of benzene rings is 2. The van der Waals surface area contributed by atoms with Gasteiger partial charge in [0, 0.05) is 9.79 Å². The molecule has 1 N–H and O–H groups in total. The van der Waals surface area contributed by atoms with Crippen molar-refractivity contribution < 1.29 is 4.79 Å². The first-order valence-corrected chi connectivity index (χ1v) is 9.04. The molecule has 0 unspecified atom stereocenters. The molecule has 24 heavy (non-hydrogen) atoms. The first kappa shape index (κ1) is 16.8. The Morgan fingerprint density at radius 1 is 1.17 bits per heavy atom. The van der Waals surface area contributed by atoms with Gasteiger partial charge in [0.2, 0.25) is 5.91 Å². The van der Waals surface area contributed by atoms with Crippen LogP contribution in [0.15, 0.2) is 75.1 Å². The molecule has 122 valence electrons. The SMILES string of the molecule is Cc1c(Br)cnn1CC(=O)Nc1ccccc1Sc1ccccc1. The molecule has 0 aliphatic rings. The Morgan fingerprint density at radius 3 is 2.58 bits per heavy atom. The minimum absolute atomic E-state index is 0.102. The van der Waals surface area contributed by atoms with Gasteiger partial charge in [0.25, 0.3) is 0 Å². The minimum atomic E-state index is -0.102. The number of rotatable bonds is 5. The zero-order valence-electron chi connectivity index (χ0n) is 13.1. The maximum Gasteiger partial charge on any atom is 0.246 e. The molecule has 0 bridgehead atoms. The Balaban J connectivity index is 1.73. The highest BCUT2D eigenvalue weighted by molar-refractivity contribution is 9.10. The summed E-state index contributed by atoms with van der Waals surface area (Å²) >= 11 is 5.03. The van der Waals surface area contributed by atoms with E-state index in [1.807, 2.05) is 61.5 Å². The highest BCUT2D eigenvalue weighted by Crippen LogP contribution is 2.33. The summed E-state index contributed by atoms with van der Waals surface area (Å²) < 4.78 is 2.57. The Labute approximate surface area is 153 Å². The number of halogens is 1. The van der Waals surface area contributed by atoms with Crippen LogP contribution in [0.25, 0.3) is 0 Å². The fourth-order valence-corrected chi connectivity index (χ4v) is 3.40. The lowest BCUT2D eigenvalue weighted by Crippen LogP contribution is -2.20. The molecule has 3 aromatic rings. The van der Waals surface area contributed by atoms with Crippen LogP contribution in [-0.4, -0.2) is 15.7 Å². The number of carbonyl (C=O) groups is 1. The summed E-state index contributed by atoms with van der Waals surface area (Å²) in [6, 6.07) is 17.9. The third kappa shape index (κ3) is 4.07. The largest absolute Gasteiger partial charge is 0.323 e. The van der Waals surface area contributed by atoms with Crippen LogP contribution in [0.4, 0.5) is 5.69 Å². The lowest BCUT2D eigenvalue weighted by atomic mass is 10.3. The first-order valence-electron chi connectivity index (χ1n) is 7.43. The molecular formula is C18H16BrN3OS. The Bertz CT molecular complexity index is 848. The van der Waals surface area contributed by atoms with E-state index in [4.69, 9.17) is 0 Å². The van der Waals surface area contributed by atoms with Gasteiger partial charge in [-0.15, -0.1) is 0 Å². The van der Waals surface area contributed by atoms with Crippen molar-refractivity contribution >= 4 is 39.3 Å². The van der Waals surface area contributed by atoms with Crippen LogP contribution in [0.5, 0.6) is 0 Å². The van der Waals surface area contributed by atoms with E-state index in [9.17, 15) is 4.79 Å². The molecule has 2 aromatic carbocycles. The van der Waals surface area contributed by atoms with Crippen molar-refractivity contribution in [2.75, 3.05) is 5.32 Å². The van der Waals surface area contributed by atoms with Gasteiger partial charge in [0.15, 0.2) is 0 Å². The Hall–Kier alpha value is -2.05. The summed E-state index contributed by atoms with van der Waals surface area (Å²) in [6.45, 7) is 2.10. The van der Waals surface area contributed by atoms with Crippen LogP contribution in [0.3, 0.4) is 0 Å². The number of nitrogens with zero attached hydrogens (tertiary/aromatic N) is 2. The second-order valence-corrected chi connectivity index (χ2v) is 7.16. The second-order valence-electron chi connectivity index (χ2n) is 5.20. The number of anilines is 1. The lowest BCUT2D eigenvalue weighted by molar-refractivity contribution is -0.116. The van der Waals surface area contributed by atoms with E-state index in [0.29, 0.717) is 0 Å². The van der Waals surface area contributed by atoms with Gasteiger partial charge in [-0.05, 0) is 47.1 Å². The summed E-state index contributed by atoms with van der Waals surface area (Å²) in [6.07, 6.45) is 1.70. The van der Waals surface area contributed by atoms with Crippen LogP contribution in [0.2, 0.25) is 0 Å². The Morgan fingerprint density at radius 2 is 1.88 bits per heavy atom. The summed E-state index contributed by atoms with van der Waals surface area (Å²) in [5, 5.41) is 7.17. The predicted molar refractivity (Wildman–Crippen MR) is 100 cm³/mol. The molecule has 0 saturated heterocycles. The van der Waals surface area contributed by atoms with Gasteiger partial charge in [-0.25, -0.2) is 0 Å². The van der Waals surface area contributed by atoms with Gasteiger partial charge in [0.05, 0.1) is 22.1 Å². The number of para-hydroxylation sites is 1. The maximum atomic E-state index is 12.4. The third-order valence-corrected chi connectivity index (χ3v) is 5.33. The fraction of sp³-hybridized carbons (Fsp3) is 0.111. The topological polar surface area (TPSA) is 46.9 Å². The van der Waals surface area contributed by atoms with E-state index in [-0.39, 0.29) is 12.5 Å². The lowest BCUT2D eigenvalue weighted by Gasteiger charge is -2.11. The van der Waals surface area contributed by atoms with E-state index in [1.165, 1.54) is 0 Å². The molecule has 0 aliphatic heterocycles. The van der Waals surface area contributed by atoms with Gasteiger partial charge < -0.3 is 5.32 Å². The molecular weight excluding hydrogens is 386 g/mol. The molecule has 0 aliphatic carbocycles. The second kappa shape index (κ2) is 7.68. The number of amides is 1. The third-order valence-electron chi connectivity index (χ3n) is 3.47. The predicted octanol–water partition coefficient (Wildman–Crippen LogP) is 4.74. The van der Waals surface area contributed by atoms with Crippen molar-refractivity contribution in [2.45, 2.75) is 23.3 Å². The van der Waals surface area contributed by atoms with Crippen LogP contribution in [0.1, 0.15) is 5.69 Å². The van der Waals surface area contributed by atoms with Crippen molar-refractivity contribution in [2.24, 2.45) is 0 Å². The van der Waals surface area contributed by atoms with Crippen LogP contribution < -0.4 is 5.32 Å². The fourth-order valence-electron chi connectivity index (χ4n) is 2.18. The number of hydrogen-bond donors (Lipinski definition) is 1. The average molecular weight is 402 g/mol. The van der Waals surface area contributed by atoms with Gasteiger partial charge in [-0.1, -0.05) is 42.1 Å². The minimum Gasteiger partial charge on any atom is -0.323 e. The number of carbonyl (C=O) groups excluding carboxylic acids is 1. The van der Waals surface area contributed by atoms with Gasteiger partial charge in [-0.2, -0.15) is 5.10 Å². The normalized spacial score (nSPS) is 10.6. The van der Waals surface area contributed by atoms with Crippen LogP contribution in [0, 0.1) is 6.92 Å². The standard InChI is InChI=1S/C18H16BrN3OS/c1-13-15(19)11-20-22(13)12-18(23)21-16-9-5-6-10-17(16)24-14-7-3-2-4-8-14/h2-11H,12H2,1H3,(H,21,23). The Kier molecular flexibility index (Phi) is 5.37. The van der Waals surface area contributed by atoms with Gasteiger partial charge in [-0.3, -0.25) is 9.48 Å². The van der Waals surface area contributed by atoms with Crippen molar-refractivity contribution in [3.63, 3.8) is 0 Å². The van der Waals surface area contributed by atoms with Crippen molar-refractivity contribution in [3.8, 4) is 0 Å². The zero-order valence-corrected chi connectivity index (χ0v) is 15.5. The van der Waals surface area contributed by atoms with E-state index < -0.39 is 0 Å². The molecule has 4 nitrogen and oxygen atoms in total. The summed E-state index contributed by atoms with van der Waals surface area (Å²) in [5.41, 5.74) is 1.73. The van der Waals surface area contributed by atoms with Gasteiger partial charge in [0.1, 0.15) is 6.54 Å². The van der Waals surface area contributed by atoms with E-state index in [0.717, 1.165) is 25.6 Å². The van der Waals surface area contributed by atoms with Crippen molar-refractivity contribution in [1.82, 2.24) is 9.78 Å². The van der Waals surface area contributed by atoms with Crippen molar-refractivity contribution in [1.29, 1.82) is 0 Å². The summed E-state index contributed by atoms with van der Waals surface area (Å²) in [7, 11) is 0. The van der Waals surface area contributed by atoms with E-state index >= 15 is 0 Å². The highest BCUT2D eigenvalue weighted by atomic mass is 79.9. The van der Waals surface area contributed by atoms with E-state index in [2.05, 4.69) is 26.3 Å². The molecule has 6 heteroatoms. The van der Waals surface area contributed by atoms with Crippen LogP contribution >= 0.6 is 27.7 Å². The molecule has 0 atom stereocenters. The smallest absolute Gasteiger partial charge is 0.246 e. The highest BCUT2D eigenvalue weighted by Gasteiger charge is 2.11. The monoisotopic (exact) mass is 401 g/mol. The van der Waals surface area contributed by atoms with Crippen LogP contribution in [-0.2, 0) is 11.3 Å². The number of nitrogens with one attached hydrogen (secondary N) is 1. The first-order chi connectivity index (χ1) is 11.6. The molecule has 1 amide bonds. The molecule has 1 aromatic heterocycles. The maximum absolute atomic E-state index is 12.4. The van der Waals surface area contributed by atoms with E-state index in [1.54, 1.807) is 22.6 Å². The molecule has 0 radical (unpaired) electrons. The quantitative estimate of drug-likeness (QED) is 0.671. The number of hydrogen-bond acceptors (Lipinski definition) is 3. The molecule has 0 spiro atoms. The molecule has 1 heterocycles. The molecule has 0 fully saturated rings. The number of aromatic nitrogens is 2. The summed E-state index contributed by atoms with van der Waals surface area (Å²) in [5.74, 6) is -0.102. The molecule has 3 rings (SSSR count). The van der Waals surface area contributed by atoms with Gasteiger partial charge >= 0.3 is 0 Å². The summed E-state index contributed by atoms with van der Waals surface area (Å²) in [4.78, 5) is 14.5. The molecule has 0 saturated carbocycles.